The quantitative estimate of drug-likeness (QED) is 0.484. The van der Waals surface area contributed by atoms with Crippen LogP contribution in [0.1, 0.15) is 64.4 Å². The average Bonchev–Trinajstić information content (AvgIpc) is 2.54. The third-order valence-corrected chi connectivity index (χ3v) is 3.92. The summed E-state index contributed by atoms with van der Waals surface area (Å²) in [5.74, 6) is 2.29. The molecule has 3 heteroatoms. The molecule has 0 N–H and O–H groups in total. The minimum absolute atomic E-state index is 0.632. The van der Waals surface area contributed by atoms with Crippen molar-refractivity contribution in [3.63, 3.8) is 0 Å². The molecule has 0 heterocycles. The van der Waals surface area contributed by atoms with Gasteiger partial charge in [0, 0.05) is 0 Å². The van der Waals surface area contributed by atoms with E-state index in [9.17, 15) is 0 Å². The van der Waals surface area contributed by atoms with E-state index in [1.807, 2.05) is 13.0 Å². The number of unbranched alkanes of at least 4 members (excludes halogenated alkanes) is 6. The molecule has 0 saturated heterocycles. The van der Waals surface area contributed by atoms with Crippen LogP contribution in [0.4, 0.5) is 0 Å². The van der Waals surface area contributed by atoms with Crippen LogP contribution in [-0.4, -0.2) is 20.8 Å². The first-order valence-corrected chi connectivity index (χ1v) is 8.65. The Balaban J connectivity index is 2.58. The maximum atomic E-state index is 5.81. The summed E-state index contributed by atoms with van der Waals surface area (Å²) in [7, 11) is 3.32. The van der Waals surface area contributed by atoms with Crippen LogP contribution in [-0.2, 0) is 6.42 Å². The summed E-state index contributed by atoms with van der Waals surface area (Å²) >= 11 is 0. The van der Waals surface area contributed by atoms with Gasteiger partial charge in [-0.05, 0) is 31.4 Å². The number of aryl methyl sites for hydroxylation is 1. The number of hydrogen-bond donors (Lipinski definition) is 0. The van der Waals surface area contributed by atoms with E-state index in [1.165, 1.54) is 50.5 Å². The van der Waals surface area contributed by atoms with Crippen LogP contribution in [0.5, 0.6) is 17.2 Å². The number of methoxy groups -OCH3 is 2. The summed E-state index contributed by atoms with van der Waals surface area (Å²) in [4.78, 5) is 0. The topological polar surface area (TPSA) is 27.7 Å². The summed E-state index contributed by atoms with van der Waals surface area (Å²) in [6.07, 6.45) is 10.2. The second kappa shape index (κ2) is 11.2. The molecule has 0 unspecified atom stereocenters. The molecule has 0 aliphatic carbocycles. The second-order valence-electron chi connectivity index (χ2n) is 5.59. The largest absolute Gasteiger partial charge is 0.493 e. The maximum Gasteiger partial charge on any atom is 0.203 e. The minimum Gasteiger partial charge on any atom is -0.493 e. The molecule has 126 valence electrons. The zero-order valence-corrected chi connectivity index (χ0v) is 14.7. The monoisotopic (exact) mass is 308 g/mol. The first-order chi connectivity index (χ1) is 10.8. The van der Waals surface area contributed by atoms with Gasteiger partial charge in [-0.3, -0.25) is 0 Å². The lowest BCUT2D eigenvalue weighted by Crippen LogP contribution is -2.02. The van der Waals surface area contributed by atoms with Gasteiger partial charge in [0.15, 0.2) is 11.5 Å². The number of hydrogen-bond acceptors (Lipinski definition) is 3. The zero-order valence-electron chi connectivity index (χ0n) is 14.7. The van der Waals surface area contributed by atoms with Crippen molar-refractivity contribution in [1.29, 1.82) is 0 Å². The maximum absolute atomic E-state index is 5.81. The SMILES string of the molecule is CCCCCCCCCc1ccc(OC)c(OC)c1OCC. The highest BCUT2D eigenvalue weighted by Gasteiger charge is 2.15. The standard InChI is InChI=1S/C19H32O3/c1-5-7-8-9-10-11-12-13-16-14-15-17(20-3)19(21-4)18(16)22-6-2/h14-15H,5-13H2,1-4H3. The van der Waals surface area contributed by atoms with Crippen molar-refractivity contribution >= 4 is 0 Å². The predicted molar refractivity (Wildman–Crippen MR) is 92.4 cm³/mol. The molecule has 0 spiro atoms. The van der Waals surface area contributed by atoms with Gasteiger partial charge in [0.25, 0.3) is 0 Å². The molecule has 1 aromatic carbocycles. The molecule has 22 heavy (non-hydrogen) atoms. The van der Waals surface area contributed by atoms with E-state index in [1.54, 1.807) is 14.2 Å². The van der Waals surface area contributed by atoms with Gasteiger partial charge in [0.1, 0.15) is 0 Å². The molecule has 0 amide bonds. The summed E-state index contributed by atoms with van der Waals surface area (Å²) < 4.78 is 16.6. The Kier molecular flexibility index (Phi) is 9.52. The molecule has 0 bridgehead atoms. The van der Waals surface area contributed by atoms with Crippen molar-refractivity contribution < 1.29 is 14.2 Å². The summed E-state index contributed by atoms with van der Waals surface area (Å²) in [6.45, 7) is 4.89. The van der Waals surface area contributed by atoms with Gasteiger partial charge in [-0.15, -0.1) is 0 Å². The highest BCUT2D eigenvalue weighted by molar-refractivity contribution is 5.55. The molecular weight excluding hydrogens is 276 g/mol. The van der Waals surface area contributed by atoms with E-state index in [4.69, 9.17) is 14.2 Å². The summed E-state index contributed by atoms with van der Waals surface area (Å²) in [5, 5.41) is 0. The molecular formula is C19H32O3. The minimum atomic E-state index is 0.632. The van der Waals surface area contributed by atoms with E-state index in [0.29, 0.717) is 12.4 Å². The highest BCUT2D eigenvalue weighted by atomic mass is 16.5. The fourth-order valence-electron chi connectivity index (χ4n) is 2.71. The molecule has 0 fully saturated rings. The van der Waals surface area contributed by atoms with Crippen LogP contribution in [0.2, 0.25) is 0 Å². The van der Waals surface area contributed by atoms with Crippen molar-refractivity contribution in [3.05, 3.63) is 17.7 Å². The molecule has 0 aliphatic rings. The van der Waals surface area contributed by atoms with Gasteiger partial charge in [-0.1, -0.05) is 51.5 Å². The fraction of sp³-hybridized carbons (Fsp3) is 0.684. The number of ether oxygens (including phenoxy) is 3. The van der Waals surface area contributed by atoms with Gasteiger partial charge < -0.3 is 14.2 Å². The van der Waals surface area contributed by atoms with E-state index >= 15 is 0 Å². The highest BCUT2D eigenvalue weighted by Crippen LogP contribution is 2.40. The second-order valence-corrected chi connectivity index (χ2v) is 5.59. The van der Waals surface area contributed by atoms with Gasteiger partial charge in [0.05, 0.1) is 20.8 Å². The Morgan fingerprint density at radius 3 is 2.05 bits per heavy atom. The Bertz CT molecular complexity index is 415. The molecule has 1 rings (SSSR count). The number of benzene rings is 1. The smallest absolute Gasteiger partial charge is 0.203 e. The Morgan fingerprint density at radius 2 is 1.45 bits per heavy atom. The molecule has 1 aromatic rings. The third kappa shape index (κ3) is 5.78. The Morgan fingerprint density at radius 1 is 0.773 bits per heavy atom. The van der Waals surface area contributed by atoms with Crippen LogP contribution in [0.15, 0.2) is 12.1 Å². The molecule has 0 radical (unpaired) electrons. The van der Waals surface area contributed by atoms with Gasteiger partial charge in [-0.2, -0.15) is 0 Å². The first kappa shape index (κ1) is 18.7. The lowest BCUT2D eigenvalue weighted by molar-refractivity contribution is 0.293. The van der Waals surface area contributed by atoms with Gasteiger partial charge >= 0.3 is 0 Å². The predicted octanol–water partition coefficient (Wildman–Crippen LogP) is 5.40. The molecule has 0 saturated carbocycles. The first-order valence-electron chi connectivity index (χ1n) is 8.65. The normalized spacial score (nSPS) is 10.5. The molecule has 0 atom stereocenters. The van der Waals surface area contributed by atoms with E-state index in [0.717, 1.165) is 17.9 Å². The Hall–Kier alpha value is -1.38. The van der Waals surface area contributed by atoms with Crippen molar-refractivity contribution in [2.24, 2.45) is 0 Å². The van der Waals surface area contributed by atoms with E-state index in [-0.39, 0.29) is 0 Å². The van der Waals surface area contributed by atoms with Crippen molar-refractivity contribution in [2.75, 3.05) is 20.8 Å². The van der Waals surface area contributed by atoms with E-state index in [2.05, 4.69) is 13.0 Å². The van der Waals surface area contributed by atoms with Crippen LogP contribution in [0.3, 0.4) is 0 Å². The Labute approximate surface area is 136 Å². The molecule has 3 nitrogen and oxygen atoms in total. The summed E-state index contributed by atoms with van der Waals surface area (Å²) in [5.41, 5.74) is 1.22. The lowest BCUT2D eigenvalue weighted by Gasteiger charge is -2.16. The van der Waals surface area contributed by atoms with Gasteiger partial charge in [-0.25, -0.2) is 0 Å². The molecule has 0 aromatic heterocycles. The van der Waals surface area contributed by atoms with Crippen LogP contribution in [0, 0.1) is 0 Å². The van der Waals surface area contributed by atoms with Gasteiger partial charge in [0.2, 0.25) is 5.75 Å². The summed E-state index contributed by atoms with van der Waals surface area (Å²) in [6, 6.07) is 4.07. The zero-order chi connectivity index (χ0) is 16.2. The third-order valence-electron chi connectivity index (χ3n) is 3.92. The van der Waals surface area contributed by atoms with Crippen molar-refractivity contribution in [2.45, 2.75) is 65.2 Å². The molecule has 0 aliphatic heterocycles. The fourth-order valence-corrected chi connectivity index (χ4v) is 2.71. The van der Waals surface area contributed by atoms with Crippen molar-refractivity contribution in [3.8, 4) is 17.2 Å². The van der Waals surface area contributed by atoms with Crippen LogP contribution >= 0.6 is 0 Å². The van der Waals surface area contributed by atoms with Crippen LogP contribution in [0.25, 0.3) is 0 Å². The number of rotatable bonds is 12. The lowest BCUT2D eigenvalue weighted by atomic mass is 10.0. The van der Waals surface area contributed by atoms with Crippen LogP contribution < -0.4 is 14.2 Å². The van der Waals surface area contributed by atoms with Crippen molar-refractivity contribution in [1.82, 2.24) is 0 Å². The van der Waals surface area contributed by atoms with E-state index < -0.39 is 0 Å². The average molecular weight is 308 g/mol.